The van der Waals surface area contributed by atoms with Gasteiger partial charge in [0.1, 0.15) is 11.5 Å². The van der Waals surface area contributed by atoms with Gasteiger partial charge >= 0.3 is 0 Å². The van der Waals surface area contributed by atoms with Gasteiger partial charge in [-0.25, -0.2) is 0 Å². The number of anilines is 1. The van der Waals surface area contributed by atoms with Crippen molar-refractivity contribution >= 4 is 53.5 Å². The Bertz CT molecular complexity index is 609. The summed E-state index contributed by atoms with van der Waals surface area (Å²) >= 11 is 10.1. The van der Waals surface area contributed by atoms with E-state index in [2.05, 4.69) is 53.1 Å². The van der Waals surface area contributed by atoms with Crippen molar-refractivity contribution < 1.29 is 9.84 Å². The van der Waals surface area contributed by atoms with E-state index in [1.807, 2.05) is 30.3 Å². The molecular weight excluding hydrogens is 454 g/mol. The summed E-state index contributed by atoms with van der Waals surface area (Å²) in [5.41, 5.74) is 1.99. The normalized spacial score (nSPS) is 10.4. The summed E-state index contributed by atoms with van der Waals surface area (Å²) < 4.78 is 7.50. The quantitative estimate of drug-likeness (QED) is 0.643. The molecule has 0 aliphatic rings. The van der Waals surface area contributed by atoms with Crippen LogP contribution in [0.4, 0.5) is 5.69 Å². The van der Waals surface area contributed by atoms with Crippen LogP contribution in [-0.4, -0.2) is 12.2 Å². The highest BCUT2D eigenvalue weighted by molar-refractivity contribution is 9.11. The first-order valence-corrected chi connectivity index (χ1v) is 8.13. The van der Waals surface area contributed by atoms with Crippen LogP contribution in [0.3, 0.4) is 0 Å². The average molecular weight is 466 g/mol. The van der Waals surface area contributed by atoms with Gasteiger partial charge in [-0.3, -0.25) is 0 Å². The first kappa shape index (κ1) is 15.7. The molecule has 2 rings (SSSR count). The molecule has 6 heteroatoms. The number of phenols is 1. The van der Waals surface area contributed by atoms with Gasteiger partial charge in [-0.15, -0.1) is 0 Å². The fourth-order valence-electron chi connectivity index (χ4n) is 1.68. The van der Waals surface area contributed by atoms with Crippen LogP contribution >= 0.6 is 47.8 Å². The molecule has 2 N–H and O–H groups in total. The van der Waals surface area contributed by atoms with E-state index in [1.54, 1.807) is 7.11 Å². The van der Waals surface area contributed by atoms with E-state index in [0.29, 0.717) is 15.5 Å². The largest absolute Gasteiger partial charge is 0.506 e. The summed E-state index contributed by atoms with van der Waals surface area (Å²) in [5, 5.41) is 13.0. The molecule has 20 heavy (non-hydrogen) atoms. The Hall–Kier alpha value is -0.720. The molecule has 0 amide bonds. The second kappa shape index (κ2) is 6.83. The van der Waals surface area contributed by atoms with Gasteiger partial charge in [-0.2, -0.15) is 0 Å². The molecule has 0 spiro atoms. The molecular formula is C14H12Br3NO2. The number of phenolic OH excluding ortho intramolecular Hbond substituents is 1. The molecule has 0 heterocycles. The lowest BCUT2D eigenvalue weighted by molar-refractivity contribution is 0.415. The Balaban J connectivity index is 2.16. The van der Waals surface area contributed by atoms with Crippen LogP contribution in [0, 0.1) is 0 Å². The SMILES string of the molecule is COc1ccc(Br)c(NCc2cc(Br)c(O)c(Br)c2)c1. The fourth-order valence-corrected chi connectivity index (χ4v) is 3.35. The Morgan fingerprint density at radius 2 is 1.70 bits per heavy atom. The number of ether oxygens (including phenoxy) is 1. The third kappa shape index (κ3) is 3.68. The number of methoxy groups -OCH3 is 1. The number of halogens is 3. The topological polar surface area (TPSA) is 41.5 Å². The predicted molar refractivity (Wildman–Crippen MR) is 91.5 cm³/mol. The minimum absolute atomic E-state index is 0.205. The number of nitrogens with one attached hydrogen (secondary N) is 1. The first-order chi connectivity index (χ1) is 9.51. The predicted octanol–water partition coefficient (Wildman–Crippen LogP) is 5.30. The van der Waals surface area contributed by atoms with E-state index in [0.717, 1.165) is 21.5 Å². The molecule has 0 radical (unpaired) electrons. The van der Waals surface area contributed by atoms with Gasteiger partial charge in [0, 0.05) is 17.1 Å². The van der Waals surface area contributed by atoms with Crippen LogP contribution in [0.2, 0.25) is 0 Å². The lowest BCUT2D eigenvalue weighted by Crippen LogP contribution is -2.00. The number of hydrogen-bond donors (Lipinski definition) is 2. The standard InChI is InChI=1S/C14H12Br3NO2/c1-20-9-2-3-10(15)13(6-9)18-7-8-4-11(16)14(19)12(17)5-8/h2-6,18-19H,7H2,1H3. The fraction of sp³-hybridized carbons (Fsp3) is 0.143. The molecule has 2 aromatic rings. The second-order valence-electron chi connectivity index (χ2n) is 4.11. The summed E-state index contributed by atoms with van der Waals surface area (Å²) in [5.74, 6) is 1.00. The lowest BCUT2D eigenvalue weighted by atomic mass is 10.2. The van der Waals surface area contributed by atoms with Crippen LogP contribution in [0.25, 0.3) is 0 Å². The highest BCUT2D eigenvalue weighted by Gasteiger charge is 2.07. The second-order valence-corrected chi connectivity index (χ2v) is 6.67. The van der Waals surface area contributed by atoms with Crippen molar-refractivity contribution in [2.75, 3.05) is 12.4 Å². The van der Waals surface area contributed by atoms with Crippen LogP contribution in [0.5, 0.6) is 11.5 Å². The Kier molecular flexibility index (Phi) is 5.35. The monoisotopic (exact) mass is 463 g/mol. The molecule has 0 fully saturated rings. The average Bonchev–Trinajstić information content (AvgIpc) is 2.43. The summed E-state index contributed by atoms with van der Waals surface area (Å²) in [4.78, 5) is 0. The molecule has 0 aromatic heterocycles. The first-order valence-electron chi connectivity index (χ1n) is 5.75. The maximum absolute atomic E-state index is 9.69. The number of rotatable bonds is 4. The van der Waals surface area contributed by atoms with Crippen molar-refractivity contribution in [3.8, 4) is 11.5 Å². The smallest absolute Gasteiger partial charge is 0.143 e. The highest BCUT2D eigenvalue weighted by Crippen LogP contribution is 2.34. The lowest BCUT2D eigenvalue weighted by Gasteiger charge is -2.11. The van der Waals surface area contributed by atoms with Gasteiger partial charge < -0.3 is 15.2 Å². The number of hydrogen-bond acceptors (Lipinski definition) is 3. The molecule has 0 saturated heterocycles. The molecule has 0 atom stereocenters. The summed E-state index contributed by atoms with van der Waals surface area (Å²) in [6, 6.07) is 9.50. The van der Waals surface area contributed by atoms with Crippen molar-refractivity contribution in [2.24, 2.45) is 0 Å². The van der Waals surface area contributed by atoms with Crippen molar-refractivity contribution in [3.05, 3.63) is 49.3 Å². The maximum atomic E-state index is 9.69. The molecule has 0 bridgehead atoms. The zero-order valence-electron chi connectivity index (χ0n) is 10.6. The van der Waals surface area contributed by atoms with Crippen molar-refractivity contribution in [1.29, 1.82) is 0 Å². The van der Waals surface area contributed by atoms with Gasteiger partial charge in [-0.05, 0) is 77.6 Å². The molecule has 2 aromatic carbocycles. The van der Waals surface area contributed by atoms with Gasteiger partial charge in [0.15, 0.2) is 0 Å². The van der Waals surface area contributed by atoms with E-state index in [1.165, 1.54) is 0 Å². The number of benzene rings is 2. The van der Waals surface area contributed by atoms with Gasteiger partial charge in [0.05, 0.1) is 21.7 Å². The molecule has 0 saturated carbocycles. The zero-order valence-corrected chi connectivity index (χ0v) is 15.3. The van der Waals surface area contributed by atoms with Crippen molar-refractivity contribution in [1.82, 2.24) is 0 Å². The third-order valence-corrected chi connectivity index (χ3v) is 4.63. The van der Waals surface area contributed by atoms with Gasteiger partial charge in [0.2, 0.25) is 0 Å². The minimum Gasteiger partial charge on any atom is -0.506 e. The Morgan fingerprint density at radius 1 is 1.05 bits per heavy atom. The Labute approximate surface area is 142 Å². The number of aromatic hydroxyl groups is 1. The van der Waals surface area contributed by atoms with E-state index in [4.69, 9.17) is 4.74 Å². The maximum Gasteiger partial charge on any atom is 0.143 e. The summed E-state index contributed by atoms with van der Waals surface area (Å²) in [7, 11) is 1.64. The van der Waals surface area contributed by atoms with E-state index >= 15 is 0 Å². The van der Waals surface area contributed by atoms with Gasteiger partial charge in [-0.1, -0.05) is 0 Å². The van der Waals surface area contributed by atoms with E-state index in [9.17, 15) is 5.11 Å². The zero-order chi connectivity index (χ0) is 14.7. The summed E-state index contributed by atoms with van der Waals surface area (Å²) in [6.07, 6.45) is 0. The van der Waals surface area contributed by atoms with Crippen molar-refractivity contribution in [2.45, 2.75) is 6.54 Å². The van der Waals surface area contributed by atoms with Crippen molar-refractivity contribution in [3.63, 3.8) is 0 Å². The van der Waals surface area contributed by atoms with E-state index in [-0.39, 0.29) is 5.75 Å². The third-order valence-electron chi connectivity index (χ3n) is 2.73. The molecule has 106 valence electrons. The van der Waals surface area contributed by atoms with Crippen LogP contribution in [0.1, 0.15) is 5.56 Å². The Morgan fingerprint density at radius 3 is 2.30 bits per heavy atom. The van der Waals surface area contributed by atoms with Crippen LogP contribution in [-0.2, 0) is 6.54 Å². The van der Waals surface area contributed by atoms with Crippen LogP contribution < -0.4 is 10.1 Å². The highest BCUT2D eigenvalue weighted by atomic mass is 79.9. The van der Waals surface area contributed by atoms with E-state index < -0.39 is 0 Å². The minimum atomic E-state index is 0.205. The molecule has 0 aliphatic heterocycles. The van der Waals surface area contributed by atoms with Crippen LogP contribution in [0.15, 0.2) is 43.7 Å². The van der Waals surface area contributed by atoms with Gasteiger partial charge in [0.25, 0.3) is 0 Å². The molecule has 3 nitrogen and oxygen atoms in total. The molecule has 0 aliphatic carbocycles. The molecule has 0 unspecified atom stereocenters. The summed E-state index contributed by atoms with van der Waals surface area (Å²) in [6.45, 7) is 0.628.